The van der Waals surface area contributed by atoms with E-state index in [1.54, 1.807) is 0 Å². The molecule has 0 amide bonds. The topological polar surface area (TPSA) is 17.8 Å². The van der Waals surface area contributed by atoms with Gasteiger partial charge >= 0.3 is 0 Å². The molecule has 0 atom stereocenters. The van der Waals surface area contributed by atoms with Crippen molar-refractivity contribution in [2.75, 3.05) is 0 Å². The van der Waals surface area contributed by atoms with Gasteiger partial charge in [-0.2, -0.15) is 5.10 Å². The van der Waals surface area contributed by atoms with Gasteiger partial charge in [0, 0.05) is 18.9 Å². The minimum Gasteiger partial charge on any atom is -0.273 e. The third-order valence-electron chi connectivity index (χ3n) is 1.61. The maximum absolute atomic E-state index is 4.10. The van der Waals surface area contributed by atoms with Gasteiger partial charge in [-0.05, 0) is 11.9 Å². The molecule has 0 saturated carbocycles. The van der Waals surface area contributed by atoms with E-state index in [0.29, 0.717) is 0 Å². The number of hydrogen-bond acceptors (Lipinski definition) is 1. The van der Waals surface area contributed by atoms with Crippen molar-refractivity contribution in [1.29, 1.82) is 0 Å². The molecule has 0 radical (unpaired) electrons. The number of nitrogens with zero attached hydrogens (tertiary/aromatic N) is 2. The summed E-state index contributed by atoms with van der Waals surface area (Å²) < 4.78 is 1.93. The van der Waals surface area contributed by atoms with E-state index in [4.69, 9.17) is 0 Å². The summed E-state index contributed by atoms with van der Waals surface area (Å²) in [5.74, 6) is 0. The highest BCUT2D eigenvalue weighted by molar-refractivity contribution is 6.32. The first kappa shape index (κ1) is 6.40. The van der Waals surface area contributed by atoms with Crippen molar-refractivity contribution in [3.8, 4) is 0 Å². The molecule has 0 saturated heterocycles. The summed E-state index contributed by atoms with van der Waals surface area (Å²) in [6.07, 6.45) is 2.97. The first-order valence-corrected chi connectivity index (χ1v) is 3.23. The predicted octanol–water partition coefficient (Wildman–Crippen LogP) is -0.759. The smallest absolute Gasteiger partial charge is 0.143 e. The molecular weight excluding hydrogens is 111 g/mol. The molecule has 0 unspecified atom stereocenters. The van der Waals surface area contributed by atoms with Crippen molar-refractivity contribution in [3.05, 3.63) is 11.9 Å². The van der Waals surface area contributed by atoms with Gasteiger partial charge in [0.25, 0.3) is 0 Å². The second-order valence-corrected chi connectivity index (χ2v) is 2.25. The molecule has 0 spiro atoms. The highest BCUT2D eigenvalue weighted by Gasteiger charge is 1.98. The molecule has 1 rings (SSSR count). The monoisotopic (exact) mass is 122 g/mol. The molecule has 3 heteroatoms. The Morgan fingerprint density at radius 2 is 2.44 bits per heavy atom. The van der Waals surface area contributed by atoms with E-state index in [0.717, 1.165) is 6.42 Å². The standard InChI is InChI=1S/C6H11BN2/c1-3-6-5(7)4-8-9(6)2/h4H,3,7H2,1-2H3. The maximum Gasteiger partial charge on any atom is 0.143 e. The van der Waals surface area contributed by atoms with E-state index in [-0.39, 0.29) is 0 Å². The number of aromatic nitrogens is 2. The van der Waals surface area contributed by atoms with Crippen LogP contribution in [0.2, 0.25) is 0 Å². The van der Waals surface area contributed by atoms with Crippen molar-refractivity contribution in [3.63, 3.8) is 0 Å². The Morgan fingerprint density at radius 3 is 2.67 bits per heavy atom. The second-order valence-electron chi connectivity index (χ2n) is 2.25. The molecule has 0 aliphatic rings. The molecule has 0 bridgehead atoms. The van der Waals surface area contributed by atoms with E-state index in [1.165, 1.54) is 11.2 Å². The lowest BCUT2D eigenvalue weighted by Crippen LogP contribution is -2.08. The molecule has 1 aromatic heterocycles. The van der Waals surface area contributed by atoms with Crippen LogP contribution in [-0.2, 0) is 13.5 Å². The van der Waals surface area contributed by atoms with Crippen LogP contribution in [0.3, 0.4) is 0 Å². The molecule has 0 aliphatic heterocycles. The Morgan fingerprint density at radius 1 is 1.78 bits per heavy atom. The molecule has 1 aromatic rings. The van der Waals surface area contributed by atoms with Gasteiger partial charge in [-0.15, -0.1) is 0 Å². The zero-order valence-electron chi connectivity index (χ0n) is 6.18. The van der Waals surface area contributed by atoms with Crippen molar-refractivity contribution in [1.82, 2.24) is 9.78 Å². The number of aryl methyl sites for hydroxylation is 1. The molecule has 0 aliphatic carbocycles. The van der Waals surface area contributed by atoms with E-state index in [9.17, 15) is 0 Å². The predicted molar refractivity (Wildman–Crippen MR) is 40.8 cm³/mol. The van der Waals surface area contributed by atoms with Gasteiger partial charge in [-0.3, -0.25) is 4.68 Å². The average Bonchev–Trinajstić information content (AvgIpc) is 2.12. The Labute approximate surface area is 56.3 Å². The summed E-state index contributed by atoms with van der Waals surface area (Å²) in [5, 5.41) is 4.10. The van der Waals surface area contributed by atoms with Gasteiger partial charge in [0.05, 0.1) is 0 Å². The Hall–Kier alpha value is -0.725. The number of hydrogen-bond donors (Lipinski definition) is 0. The minimum absolute atomic E-state index is 1.07. The van der Waals surface area contributed by atoms with E-state index in [2.05, 4.69) is 19.9 Å². The van der Waals surface area contributed by atoms with Crippen LogP contribution in [0.5, 0.6) is 0 Å². The molecule has 9 heavy (non-hydrogen) atoms. The molecule has 48 valence electrons. The van der Waals surface area contributed by atoms with E-state index >= 15 is 0 Å². The van der Waals surface area contributed by atoms with Crippen LogP contribution in [0.4, 0.5) is 0 Å². The lowest BCUT2D eigenvalue weighted by Gasteiger charge is -1.96. The van der Waals surface area contributed by atoms with Crippen LogP contribution in [0.1, 0.15) is 12.6 Å². The fourth-order valence-electron chi connectivity index (χ4n) is 1.08. The highest BCUT2D eigenvalue weighted by Crippen LogP contribution is 1.90. The maximum atomic E-state index is 4.10. The quantitative estimate of drug-likeness (QED) is 0.447. The van der Waals surface area contributed by atoms with Crippen LogP contribution in [0.15, 0.2) is 6.20 Å². The van der Waals surface area contributed by atoms with Crippen molar-refractivity contribution >= 4 is 13.3 Å². The van der Waals surface area contributed by atoms with Crippen LogP contribution < -0.4 is 5.46 Å². The van der Waals surface area contributed by atoms with E-state index in [1.807, 2.05) is 17.9 Å². The zero-order chi connectivity index (χ0) is 6.85. The van der Waals surface area contributed by atoms with Crippen LogP contribution in [0.25, 0.3) is 0 Å². The highest BCUT2D eigenvalue weighted by atomic mass is 15.3. The van der Waals surface area contributed by atoms with Gasteiger partial charge in [0.2, 0.25) is 0 Å². The average molecular weight is 122 g/mol. The van der Waals surface area contributed by atoms with Gasteiger partial charge in [0.15, 0.2) is 0 Å². The molecule has 0 N–H and O–H groups in total. The van der Waals surface area contributed by atoms with Crippen LogP contribution in [0, 0.1) is 0 Å². The largest absolute Gasteiger partial charge is 0.273 e. The third-order valence-corrected chi connectivity index (χ3v) is 1.61. The Kier molecular flexibility index (Phi) is 1.60. The molecule has 2 nitrogen and oxygen atoms in total. The summed E-state index contributed by atoms with van der Waals surface area (Å²) in [6, 6.07) is 0. The molecular formula is C6H11BN2. The van der Waals surface area contributed by atoms with Crippen molar-refractivity contribution in [2.45, 2.75) is 13.3 Å². The second kappa shape index (κ2) is 2.25. The minimum atomic E-state index is 1.07. The van der Waals surface area contributed by atoms with Gasteiger partial charge < -0.3 is 0 Å². The fourth-order valence-corrected chi connectivity index (χ4v) is 1.08. The van der Waals surface area contributed by atoms with Crippen molar-refractivity contribution < 1.29 is 0 Å². The third kappa shape index (κ3) is 0.993. The number of rotatable bonds is 1. The van der Waals surface area contributed by atoms with Gasteiger partial charge in [-0.25, -0.2) is 0 Å². The SMILES string of the molecule is Bc1cnn(C)c1CC. The van der Waals surface area contributed by atoms with Gasteiger partial charge in [0.1, 0.15) is 7.85 Å². The Balaban J connectivity index is 3.07. The fraction of sp³-hybridized carbons (Fsp3) is 0.500. The lowest BCUT2D eigenvalue weighted by molar-refractivity contribution is 0.719. The van der Waals surface area contributed by atoms with E-state index < -0.39 is 0 Å². The Bertz CT molecular complexity index is 185. The molecule has 0 fully saturated rings. The first-order valence-electron chi connectivity index (χ1n) is 3.23. The zero-order valence-corrected chi connectivity index (χ0v) is 6.18. The summed E-state index contributed by atoms with van der Waals surface area (Å²) in [7, 11) is 4.07. The summed E-state index contributed by atoms with van der Waals surface area (Å²) in [4.78, 5) is 0. The van der Waals surface area contributed by atoms with Gasteiger partial charge in [-0.1, -0.05) is 6.92 Å². The molecule has 0 aromatic carbocycles. The van der Waals surface area contributed by atoms with Crippen LogP contribution >= 0.6 is 0 Å². The normalized spacial score (nSPS) is 10.0. The van der Waals surface area contributed by atoms with Crippen LogP contribution in [-0.4, -0.2) is 17.6 Å². The lowest BCUT2D eigenvalue weighted by atomic mass is 9.96. The summed E-state index contributed by atoms with van der Waals surface area (Å²) in [6.45, 7) is 2.14. The van der Waals surface area contributed by atoms with Crippen molar-refractivity contribution in [2.24, 2.45) is 7.05 Å². The first-order chi connectivity index (χ1) is 4.25. The summed E-state index contributed by atoms with van der Waals surface area (Å²) in [5.41, 5.74) is 2.62. The summed E-state index contributed by atoms with van der Waals surface area (Å²) >= 11 is 0. The molecule has 1 heterocycles.